The molecule has 1 aliphatic rings. The highest BCUT2D eigenvalue weighted by Gasteiger charge is 2.13. The van der Waals surface area contributed by atoms with Crippen molar-refractivity contribution in [3.05, 3.63) is 35.4 Å². The van der Waals surface area contributed by atoms with Gasteiger partial charge in [0.05, 0.1) is 12.2 Å². The second kappa shape index (κ2) is 7.26. The summed E-state index contributed by atoms with van der Waals surface area (Å²) < 4.78 is 5.59. The van der Waals surface area contributed by atoms with E-state index in [0.29, 0.717) is 18.8 Å². The van der Waals surface area contributed by atoms with Gasteiger partial charge in [0.2, 0.25) is 0 Å². The number of rotatable bonds is 7. The molecule has 0 amide bonds. The maximum atomic E-state index is 11.0. The maximum absolute atomic E-state index is 11.0. The number of benzene rings is 1. The lowest BCUT2D eigenvalue weighted by molar-refractivity contribution is 0.0686. The van der Waals surface area contributed by atoms with Crippen molar-refractivity contribution in [1.82, 2.24) is 5.32 Å². The van der Waals surface area contributed by atoms with E-state index in [2.05, 4.69) is 5.32 Å². The zero-order valence-electron chi connectivity index (χ0n) is 11.1. The number of carbonyl (C=O) groups is 1. The molecular formula is C15H21NO3. The third kappa shape index (κ3) is 4.33. The van der Waals surface area contributed by atoms with Gasteiger partial charge in [0.15, 0.2) is 0 Å². The fourth-order valence-electron chi connectivity index (χ4n) is 2.47. The Morgan fingerprint density at radius 1 is 1.42 bits per heavy atom. The first-order valence-corrected chi connectivity index (χ1v) is 6.87. The van der Waals surface area contributed by atoms with Crippen LogP contribution < -0.4 is 5.32 Å². The number of carboxylic acid groups (broad SMARTS) is 1. The second-order valence-corrected chi connectivity index (χ2v) is 5.02. The molecular weight excluding hydrogens is 242 g/mol. The first-order valence-electron chi connectivity index (χ1n) is 6.87. The van der Waals surface area contributed by atoms with Crippen molar-refractivity contribution in [2.24, 2.45) is 5.92 Å². The van der Waals surface area contributed by atoms with Crippen LogP contribution in [0.4, 0.5) is 0 Å². The van der Waals surface area contributed by atoms with Gasteiger partial charge < -0.3 is 15.2 Å². The van der Waals surface area contributed by atoms with E-state index in [9.17, 15) is 4.79 Å². The van der Waals surface area contributed by atoms with E-state index in [4.69, 9.17) is 9.84 Å². The standard InChI is InChI=1S/C15H21NO3/c17-15(18)14-6-2-1-5-13(14)11-19-9-3-4-12-7-8-16-10-12/h1-2,5-6,12,16H,3-4,7-11H2,(H,17,18). The quantitative estimate of drug-likeness (QED) is 0.741. The molecule has 0 radical (unpaired) electrons. The summed E-state index contributed by atoms with van der Waals surface area (Å²) in [4.78, 5) is 11.0. The Kier molecular flexibility index (Phi) is 5.36. The topological polar surface area (TPSA) is 58.6 Å². The van der Waals surface area contributed by atoms with Crippen molar-refractivity contribution in [1.29, 1.82) is 0 Å². The maximum Gasteiger partial charge on any atom is 0.336 e. The van der Waals surface area contributed by atoms with Crippen molar-refractivity contribution >= 4 is 5.97 Å². The molecule has 1 atom stereocenters. The van der Waals surface area contributed by atoms with Gasteiger partial charge in [0.1, 0.15) is 0 Å². The minimum absolute atomic E-state index is 0.336. The number of aromatic carboxylic acids is 1. The summed E-state index contributed by atoms with van der Waals surface area (Å²) in [5.41, 5.74) is 1.08. The van der Waals surface area contributed by atoms with E-state index < -0.39 is 5.97 Å². The Morgan fingerprint density at radius 3 is 3.00 bits per heavy atom. The molecule has 1 aliphatic heterocycles. The van der Waals surface area contributed by atoms with Crippen molar-refractivity contribution in [3.8, 4) is 0 Å². The van der Waals surface area contributed by atoms with E-state index in [1.54, 1.807) is 12.1 Å². The average molecular weight is 263 g/mol. The predicted molar refractivity (Wildman–Crippen MR) is 73.3 cm³/mol. The van der Waals surface area contributed by atoms with Crippen molar-refractivity contribution in [3.63, 3.8) is 0 Å². The molecule has 4 nitrogen and oxygen atoms in total. The number of carboxylic acids is 1. The first-order chi connectivity index (χ1) is 9.27. The van der Waals surface area contributed by atoms with Gasteiger partial charge in [-0.1, -0.05) is 18.2 Å². The Balaban J connectivity index is 1.69. The zero-order valence-corrected chi connectivity index (χ0v) is 11.1. The molecule has 1 saturated heterocycles. The first kappa shape index (κ1) is 14.0. The summed E-state index contributed by atoms with van der Waals surface area (Å²) in [7, 11) is 0. The third-order valence-corrected chi connectivity index (χ3v) is 3.57. The van der Waals surface area contributed by atoms with E-state index in [1.807, 2.05) is 12.1 Å². The summed E-state index contributed by atoms with van der Waals surface area (Å²) in [6.07, 6.45) is 3.50. The molecule has 1 fully saturated rings. The lowest BCUT2D eigenvalue weighted by Crippen LogP contribution is -2.09. The van der Waals surface area contributed by atoms with Gasteiger partial charge in [-0.05, 0) is 49.9 Å². The lowest BCUT2D eigenvalue weighted by atomic mass is 10.0. The van der Waals surface area contributed by atoms with Crippen LogP contribution in [-0.4, -0.2) is 30.8 Å². The van der Waals surface area contributed by atoms with E-state index in [0.717, 1.165) is 31.0 Å². The molecule has 0 spiro atoms. The molecule has 0 bridgehead atoms. The van der Waals surface area contributed by atoms with Crippen molar-refractivity contribution < 1.29 is 14.6 Å². The Morgan fingerprint density at radius 2 is 2.26 bits per heavy atom. The van der Waals surface area contributed by atoms with E-state index >= 15 is 0 Å². The third-order valence-electron chi connectivity index (χ3n) is 3.57. The Hall–Kier alpha value is -1.39. The van der Waals surface area contributed by atoms with Gasteiger partial charge in [-0.3, -0.25) is 0 Å². The molecule has 0 saturated carbocycles. The second-order valence-electron chi connectivity index (χ2n) is 5.02. The van der Waals surface area contributed by atoms with Crippen molar-refractivity contribution in [2.75, 3.05) is 19.7 Å². The van der Waals surface area contributed by atoms with Crippen LogP contribution in [0.2, 0.25) is 0 Å². The molecule has 104 valence electrons. The van der Waals surface area contributed by atoms with Crippen LogP contribution in [-0.2, 0) is 11.3 Å². The number of nitrogens with one attached hydrogen (secondary N) is 1. The van der Waals surface area contributed by atoms with Crippen LogP contribution in [0.3, 0.4) is 0 Å². The van der Waals surface area contributed by atoms with Gasteiger partial charge in [-0.25, -0.2) is 4.79 Å². The molecule has 19 heavy (non-hydrogen) atoms. The van der Waals surface area contributed by atoms with Gasteiger partial charge in [-0.2, -0.15) is 0 Å². The molecule has 1 aromatic carbocycles. The van der Waals surface area contributed by atoms with E-state index in [1.165, 1.54) is 12.8 Å². The molecule has 4 heteroatoms. The normalized spacial score (nSPS) is 18.6. The van der Waals surface area contributed by atoms with Crippen LogP contribution >= 0.6 is 0 Å². The van der Waals surface area contributed by atoms with Crippen LogP contribution in [0.1, 0.15) is 35.2 Å². The summed E-state index contributed by atoms with van der Waals surface area (Å²) in [5.74, 6) is -0.105. The Bertz CT molecular complexity index is 414. The lowest BCUT2D eigenvalue weighted by Gasteiger charge is -2.09. The smallest absolute Gasteiger partial charge is 0.336 e. The molecule has 2 rings (SSSR count). The summed E-state index contributed by atoms with van der Waals surface area (Å²) >= 11 is 0. The molecule has 1 unspecified atom stereocenters. The minimum atomic E-state index is -0.892. The zero-order chi connectivity index (χ0) is 13.5. The van der Waals surface area contributed by atoms with Crippen LogP contribution in [0.5, 0.6) is 0 Å². The summed E-state index contributed by atoms with van der Waals surface area (Å²) in [6, 6.07) is 7.00. The largest absolute Gasteiger partial charge is 0.478 e. The van der Waals surface area contributed by atoms with E-state index in [-0.39, 0.29) is 0 Å². The summed E-state index contributed by atoms with van der Waals surface area (Å²) in [6.45, 7) is 3.34. The number of hydrogen-bond donors (Lipinski definition) is 2. The van der Waals surface area contributed by atoms with Crippen LogP contribution in [0.25, 0.3) is 0 Å². The fourth-order valence-corrected chi connectivity index (χ4v) is 2.47. The predicted octanol–water partition coefficient (Wildman–Crippen LogP) is 2.29. The van der Waals surface area contributed by atoms with Crippen LogP contribution in [0, 0.1) is 5.92 Å². The summed E-state index contributed by atoms with van der Waals surface area (Å²) in [5, 5.41) is 12.4. The highest BCUT2D eigenvalue weighted by molar-refractivity contribution is 5.89. The van der Waals surface area contributed by atoms with Crippen molar-refractivity contribution in [2.45, 2.75) is 25.9 Å². The monoisotopic (exact) mass is 263 g/mol. The SMILES string of the molecule is O=C(O)c1ccccc1COCCCC1CCNC1. The van der Waals surface area contributed by atoms with Gasteiger partial charge in [-0.15, -0.1) is 0 Å². The fraction of sp³-hybridized carbons (Fsp3) is 0.533. The average Bonchev–Trinajstić information content (AvgIpc) is 2.92. The molecule has 2 N–H and O–H groups in total. The molecule has 1 heterocycles. The molecule has 0 aliphatic carbocycles. The number of ether oxygens (including phenoxy) is 1. The van der Waals surface area contributed by atoms with Gasteiger partial charge >= 0.3 is 5.97 Å². The Labute approximate surface area is 113 Å². The van der Waals surface area contributed by atoms with Crippen LogP contribution in [0.15, 0.2) is 24.3 Å². The highest BCUT2D eigenvalue weighted by Crippen LogP contribution is 2.15. The van der Waals surface area contributed by atoms with Gasteiger partial charge in [0, 0.05) is 6.61 Å². The molecule has 0 aromatic heterocycles. The molecule has 1 aromatic rings. The highest BCUT2D eigenvalue weighted by atomic mass is 16.5. The number of hydrogen-bond acceptors (Lipinski definition) is 3. The minimum Gasteiger partial charge on any atom is -0.478 e. The van der Waals surface area contributed by atoms with Gasteiger partial charge in [0.25, 0.3) is 0 Å².